The number of allylic oxidation sites excluding steroid dienone is 1. The highest BCUT2D eigenvalue weighted by Crippen LogP contribution is 2.41. The molecule has 0 aromatic rings. The summed E-state index contributed by atoms with van der Waals surface area (Å²) in [6.07, 6.45) is 6.84. The highest BCUT2D eigenvalue weighted by atomic mass is 28.4. The van der Waals surface area contributed by atoms with E-state index in [1.165, 1.54) is 6.08 Å². The summed E-state index contributed by atoms with van der Waals surface area (Å²) < 4.78 is 12.3. The van der Waals surface area contributed by atoms with Gasteiger partial charge in [-0.1, -0.05) is 45.9 Å². The predicted octanol–water partition coefficient (Wildman–Crippen LogP) is 5.80. The normalized spacial score (nSPS) is 25.0. The Hall–Kier alpha value is -1.13. The van der Waals surface area contributed by atoms with Crippen LogP contribution in [-0.4, -0.2) is 26.5 Å². The summed E-state index contributed by atoms with van der Waals surface area (Å²) in [6.45, 7) is 21.5. The summed E-state index contributed by atoms with van der Waals surface area (Å²) in [5.74, 6) is -0.191. The van der Waals surface area contributed by atoms with Crippen LogP contribution in [0.4, 0.5) is 0 Å². The number of carbonyl (C=O) groups is 1. The van der Waals surface area contributed by atoms with Crippen molar-refractivity contribution in [2.75, 3.05) is 0 Å². The van der Waals surface area contributed by atoms with Crippen LogP contribution in [0.5, 0.6) is 0 Å². The fraction of sp³-hybridized carbons (Fsp3) is 0.667. The monoisotopic (exact) mass is 364 g/mol. The lowest BCUT2D eigenvalue weighted by Gasteiger charge is -2.42. The molecule has 0 saturated carbocycles. The second kappa shape index (κ2) is 8.50. The van der Waals surface area contributed by atoms with Gasteiger partial charge in [0.25, 0.3) is 0 Å². The van der Waals surface area contributed by atoms with E-state index in [1.54, 1.807) is 0 Å². The maximum Gasteiger partial charge on any atom is 0.331 e. The molecule has 0 N–H and O–H groups in total. The zero-order chi connectivity index (χ0) is 19.4. The third-order valence-corrected chi connectivity index (χ3v) is 9.90. The minimum absolute atomic E-state index is 0.0729. The van der Waals surface area contributed by atoms with E-state index < -0.39 is 8.32 Å². The molecule has 0 spiro atoms. The van der Waals surface area contributed by atoms with Gasteiger partial charge in [-0.05, 0) is 56.5 Å². The van der Waals surface area contributed by atoms with Gasteiger partial charge in [-0.3, -0.25) is 0 Å². The quantitative estimate of drug-likeness (QED) is 0.259. The highest BCUT2D eigenvalue weighted by Gasteiger charge is 2.42. The lowest BCUT2D eigenvalue weighted by atomic mass is 9.82. The van der Waals surface area contributed by atoms with Crippen molar-refractivity contribution in [2.45, 2.75) is 84.7 Å². The van der Waals surface area contributed by atoms with Crippen molar-refractivity contribution in [3.8, 4) is 0 Å². The number of hydrogen-bond donors (Lipinski definition) is 0. The molecule has 0 radical (unpaired) electrons. The first-order valence-electron chi connectivity index (χ1n) is 9.27. The van der Waals surface area contributed by atoms with Gasteiger partial charge in [0.2, 0.25) is 0 Å². The molecule has 0 saturated heterocycles. The number of ether oxygens (including phenoxy) is 1. The number of rotatable bonds is 6. The van der Waals surface area contributed by atoms with Crippen LogP contribution in [0.25, 0.3) is 0 Å². The van der Waals surface area contributed by atoms with Gasteiger partial charge in [0.15, 0.2) is 8.32 Å². The first kappa shape index (κ1) is 21.9. The largest absolute Gasteiger partial charge is 0.454 e. The van der Waals surface area contributed by atoms with E-state index in [9.17, 15) is 4.79 Å². The average molecular weight is 365 g/mol. The van der Waals surface area contributed by atoms with E-state index in [4.69, 9.17) is 9.16 Å². The lowest BCUT2D eigenvalue weighted by Crippen LogP contribution is -2.46. The summed E-state index contributed by atoms with van der Waals surface area (Å²) in [5, 5.41) is 0.167. The van der Waals surface area contributed by atoms with Gasteiger partial charge in [0, 0.05) is 12.0 Å². The van der Waals surface area contributed by atoms with Crippen molar-refractivity contribution < 1.29 is 14.0 Å². The van der Waals surface area contributed by atoms with Crippen molar-refractivity contribution >= 4 is 14.3 Å². The fourth-order valence-corrected chi connectivity index (χ4v) is 4.04. The maximum absolute atomic E-state index is 12.0. The minimum atomic E-state index is -1.86. The van der Waals surface area contributed by atoms with Gasteiger partial charge < -0.3 is 9.16 Å². The van der Waals surface area contributed by atoms with Crippen LogP contribution in [0, 0.1) is 5.92 Å². The standard InChI is InChI=1S/C21H36O3Si/c1-10-11-12-20(22)23-19-13-16(4)18(14-17(19)15(2)3)24-25(8,9)21(5,6)7/h11-13,17-19H,2,10,14H2,1,3-9H3/b12-11+/t17-,18-,19-/m1/s1. The Morgan fingerprint density at radius 2 is 2.00 bits per heavy atom. The molecule has 0 amide bonds. The molecule has 0 unspecified atom stereocenters. The Balaban J connectivity index is 2.99. The molecule has 1 rings (SSSR count). The Bertz CT molecular complexity index is 552. The minimum Gasteiger partial charge on any atom is -0.454 e. The number of esters is 1. The van der Waals surface area contributed by atoms with E-state index in [0.29, 0.717) is 0 Å². The summed E-state index contributed by atoms with van der Waals surface area (Å²) >= 11 is 0. The van der Waals surface area contributed by atoms with Crippen LogP contribution in [0.1, 0.15) is 54.4 Å². The van der Waals surface area contributed by atoms with Crippen molar-refractivity contribution in [1.82, 2.24) is 0 Å². The van der Waals surface area contributed by atoms with Crippen molar-refractivity contribution in [2.24, 2.45) is 5.92 Å². The lowest BCUT2D eigenvalue weighted by molar-refractivity contribution is -0.143. The zero-order valence-electron chi connectivity index (χ0n) is 17.3. The topological polar surface area (TPSA) is 35.5 Å². The fourth-order valence-electron chi connectivity index (χ4n) is 2.69. The average Bonchev–Trinajstić information content (AvgIpc) is 2.46. The molecule has 0 aromatic heterocycles. The van der Waals surface area contributed by atoms with Crippen LogP contribution in [0.3, 0.4) is 0 Å². The number of hydrogen-bond acceptors (Lipinski definition) is 3. The van der Waals surface area contributed by atoms with Gasteiger partial charge in [-0.25, -0.2) is 4.79 Å². The van der Waals surface area contributed by atoms with Crippen LogP contribution < -0.4 is 0 Å². The van der Waals surface area contributed by atoms with Gasteiger partial charge in [0.05, 0.1) is 6.10 Å². The van der Waals surface area contributed by atoms with Crippen LogP contribution in [-0.2, 0) is 14.0 Å². The molecule has 0 aromatic carbocycles. The smallest absolute Gasteiger partial charge is 0.331 e. The molecule has 1 aliphatic carbocycles. The third kappa shape index (κ3) is 5.96. The van der Waals surface area contributed by atoms with Crippen LogP contribution >= 0.6 is 0 Å². The van der Waals surface area contributed by atoms with Gasteiger partial charge in [-0.2, -0.15) is 0 Å². The Labute approximate surface area is 155 Å². The molecular weight excluding hydrogens is 328 g/mol. The molecule has 0 fully saturated rings. The van der Waals surface area contributed by atoms with E-state index in [-0.39, 0.29) is 29.1 Å². The Kier molecular flexibility index (Phi) is 7.45. The predicted molar refractivity (Wildman–Crippen MR) is 108 cm³/mol. The van der Waals surface area contributed by atoms with Gasteiger partial charge in [-0.15, -0.1) is 0 Å². The van der Waals surface area contributed by atoms with E-state index >= 15 is 0 Å². The molecule has 4 heteroatoms. The molecular formula is C21H36O3Si. The molecule has 0 heterocycles. The molecule has 3 atom stereocenters. The Morgan fingerprint density at radius 3 is 2.48 bits per heavy atom. The molecule has 142 valence electrons. The SMILES string of the molecule is C=C(C)[C@H]1C[C@@H](O[Si](C)(C)C(C)(C)C)C(C)=C[C@H]1OC(=O)/C=C/CC. The Morgan fingerprint density at radius 1 is 1.40 bits per heavy atom. The molecule has 0 bridgehead atoms. The summed E-state index contributed by atoms with van der Waals surface area (Å²) in [7, 11) is -1.86. The first-order valence-corrected chi connectivity index (χ1v) is 12.2. The summed E-state index contributed by atoms with van der Waals surface area (Å²) in [6, 6.07) is 0. The highest BCUT2D eigenvalue weighted by molar-refractivity contribution is 6.74. The zero-order valence-corrected chi connectivity index (χ0v) is 18.3. The molecule has 25 heavy (non-hydrogen) atoms. The van der Waals surface area contributed by atoms with E-state index in [2.05, 4.69) is 53.4 Å². The van der Waals surface area contributed by atoms with Gasteiger partial charge in [0.1, 0.15) is 6.10 Å². The van der Waals surface area contributed by atoms with Crippen LogP contribution in [0.2, 0.25) is 18.1 Å². The van der Waals surface area contributed by atoms with Crippen molar-refractivity contribution in [3.05, 3.63) is 36.0 Å². The number of carbonyl (C=O) groups excluding carboxylic acids is 1. The second-order valence-electron chi connectivity index (χ2n) is 8.68. The van der Waals surface area contributed by atoms with E-state index in [1.807, 2.05) is 19.9 Å². The molecule has 1 aliphatic rings. The summed E-state index contributed by atoms with van der Waals surface area (Å²) in [4.78, 5) is 12.0. The maximum atomic E-state index is 12.0. The molecule has 3 nitrogen and oxygen atoms in total. The van der Waals surface area contributed by atoms with Crippen LogP contribution in [0.15, 0.2) is 36.0 Å². The van der Waals surface area contributed by atoms with Crippen molar-refractivity contribution in [3.63, 3.8) is 0 Å². The van der Waals surface area contributed by atoms with Gasteiger partial charge >= 0.3 is 5.97 Å². The van der Waals surface area contributed by atoms with Crippen molar-refractivity contribution in [1.29, 1.82) is 0 Å². The first-order chi connectivity index (χ1) is 11.4. The second-order valence-corrected chi connectivity index (χ2v) is 13.4. The third-order valence-electron chi connectivity index (χ3n) is 5.42. The van der Waals surface area contributed by atoms with E-state index in [0.717, 1.165) is 24.0 Å². The molecule has 0 aliphatic heterocycles. The summed E-state index contributed by atoms with van der Waals surface area (Å²) in [5.41, 5.74) is 2.18.